The van der Waals surface area contributed by atoms with E-state index in [1.807, 2.05) is 25.1 Å². The Hall–Kier alpha value is -3.08. The standard InChI is InChI=1S/C28H35N3O4/c1-19-13-24(7-5-22(19)16-29)30-26-14-21(23(18-34-2)15-28(32)33)6-8-27(26)31(17-20-3-4-20)25-9-11-35-12-10-25/h5-8,13-14,20,23,25,30H,3-4,9-12,15,17-18H2,1-2H3,(H,32,33). The van der Waals surface area contributed by atoms with Crippen LogP contribution in [0.2, 0.25) is 0 Å². The molecule has 0 spiro atoms. The number of nitrogens with zero attached hydrogens (tertiary/aromatic N) is 2. The van der Waals surface area contributed by atoms with Gasteiger partial charge in [0, 0.05) is 44.5 Å². The highest BCUT2D eigenvalue weighted by atomic mass is 16.5. The first kappa shape index (κ1) is 25.0. The van der Waals surface area contributed by atoms with Gasteiger partial charge in [0.15, 0.2) is 0 Å². The number of hydrogen-bond acceptors (Lipinski definition) is 6. The number of methoxy groups -OCH3 is 1. The van der Waals surface area contributed by atoms with Crippen LogP contribution in [0, 0.1) is 24.2 Å². The highest BCUT2D eigenvalue weighted by Crippen LogP contribution is 2.39. The molecule has 0 radical (unpaired) electrons. The van der Waals surface area contributed by atoms with E-state index in [0.717, 1.165) is 66.7 Å². The van der Waals surface area contributed by atoms with Gasteiger partial charge in [0.1, 0.15) is 0 Å². The molecule has 2 fully saturated rings. The van der Waals surface area contributed by atoms with E-state index in [2.05, 4.69) is 34.5 Å². The van der Waals surface area contributed by atoms with Gasteiger partial charge in [-0.2, -0.15) is 5.26 Å². The number of aliphatic carboxylic acids is 1. The number of aryl methyl sites for hydroxylation is 1. The molecular weight excluding hydrogens is 442 g/mol. The van der Waals surface area contributed by atoms with Crippen molar-refractivity contribution in [3.63, 3.8) is 0 Å². The number of rotatable bonds is 11. The van der Waals surface area contributed by atoms with Gasteiger partial charge >= 0.3 is 5.97 Å². The lowest BCUT2D eigenvalue weighted by molar-refractivity contribution is -0.137. The zero-order valence-corrected chi connectivity index (χ0v) is 20.6. The zero-order valence-electron chi connectivity index (χ0n) is 20.6. The second-order valence-corrected chi connectivity index (χ2v) is 9.73. The first-order valence-electron chi connectivity index (χ1n) is 12.4. The molecule has 7 heteroatoms. The summed E-state index contributed by atoms with van der Waals surface area (Å²) in [6.07, 6.45) is 4.53. The molecule has 2 aromatic rings. The summed E-state index contributed by atoms with van der Waals surface area (Å²) in [5, 5.41) is 22.4. The minimum Gasteiger partial charge on any atom is -0.481 e. The summed E-state index contributed by atoms with van der Waals surface area (Å²) in [4.78, 5) is 14.1. The van der Waals surface area contributed by atoms with Crippen LogP contribution in [-0.2, 0) is 14.3 Å². The van der Waals surface area contributed by atoms with Crippen molar-refractivity contribution in [2.45, 2.75) is 51.0 Å². The van der Waals surface area contributed by atoms with Crippen LogP contribution < -0.4 is 10.2 Å². The van der Waals surface area contributed by atoms with Gasteiger partial charge in [-0.3, -0.25) is 4.79 Å². The summed E-state index contributed by atoms with van der Waals surface area (Å²) in [5.41, 5.74) is 5.48. The van der Waals surface area contributed by atoms with E-state index in [-0.39, 0.29) is 12.3 Å². The third-order valence-corrected chi connectivity index (χ3v) is 7.00. The summed E-state index contributed by atoms with van der Waals surface area (Å²) >= 11 is 0. The number of carbonyl (C=O) groups is 1. The van der Waals surface area contributed by atoms with Crippen molar-refractivity contribution < 1.29 is 19.4 Å². The van der Waals surface area contributed by atoms with E-state index in [9.17, 15) is 15.2 Å². The molecule has 2 aliphatic rings. The molecule has 2 aromatic carbocycles. The maximum Gasteiger partial charge on any atom is 0.304 e. The van der Waals surface area contributed by atoms with Crippen molar-refractivity contribution in [2.75, 3.05) is 43.7 Å². The topological polar surface area (TPSA) is 94.8 Å². The van der Waals surface area contributed by atoms with Crippen LogP contribution in [0.1, 0.15) is 54.7 Å². The number of nitriles is 1. The normalized spacial score (nSPS) is 16.9. The van der Waals surface area contributed by atoms with Gasteiger partial charge < -0.3 is 24.8 Å². The fourth-order valence-electron chi connectivity index (χ4n) is 4.89. The molecule has 1 heterocycles. The van der Waals surface area contributed by atoms with E-state index in [4.69, 9.17) is 9.47 Å². The van der Waals surface area contributed by atoms with E-state index < -0.39 is 5.97 Å². The van der Waals surface area contributed by atoms with Crippen molar-refractivity contribution in [3.05, 3.63) is 53.1 Å². The summed E-state index contributed by atoms with van der Waals surface area (Å²) < 4.78 is 11.0. The third kappa shape index (κ3) is 6.53. The Balaban J connectivity index is 1.73. The minimum atomic E-state index is -0.842. The summed E-state index contributed by atoms with van der Waals surface area (Å²) in [5.74, 6) is -0.364. The van der Waals surface area contributed by atoms with Gasteiger partial charge in [-0.05, 0) is 80.0 Å². The Morgan fingerprint density at radius 2 is 2.00 bits per heavy atom. The van der Waals surface area contributed by atoms with E-state index in [1.54, 1.807) is 7.11 Å². The molecular formula is C28H35N3O4. The third-order valence-electron chi connectivity index (χ3n) is 7.00. The van der Waals surface area contributed by atoms with Crippen molar-refractivity contribution in [2.24, 2.45) is 5.92 Å². The first-order valence-corrected chi connectivity index (χ1v) is 12.4. The molecule has 186 valence electrons. The van der Waals surface area contributed by atoms with Crippen LogP contribution in [0.4, 0.5) is 17.1 Å². The zero-order chi connectivity index (χ0) is 24.8. The molecule has 7 nitrogen and oxygen atoms in total. The van der Waals surface area contributed by atoms with Crippen LogP contribution in [0.3, 0.4) is 0 Å². The average molecular weight is 478 g/mol. The predicted octanol–water partition coefficient (Wildman–Crippen LogP) is 5.21. The average Bonchev–Trinajstić information content (AvgIpc) is 3.67. The van der Waals surface area contributed by atoms with Crippen molar-refractivity contribution in [3.8, 4) is 6.07 Å². The van der Waals surface area contributed by atoms with Crippen molar-refractivity contribution in [1.82, 2.24) is 0 Å². The number of ether oxygens (including phenoxy) is 2. The van der Waals surface area contributed by atoms with Gasteiger partial charge in [-0.15, -0.1) is 0 Å². The maximum atomic E-state index is 11.5. The second-order valence-electron chi connectivity index (χ2n) is 9.73. The van der Waals surface area contributed by atoms with E-state index >= 15 is 0 Å². The number of carboxylic acids is 1. The highest BCUT2D eigenvalue weighted by molar-refractivity contribution is 5.77. The Morgan fingerprint density at radius 1 is 1.23 bits per heavy atom. The molecule has 0 aromatic heterocycles. The molecule has 0 amide bonds. The Labute approximate surface area is 207 Å². The second kappa shape index (κ2) is 11.6. The van der Waals surface area contributed by atoms with Crippen LogP contribution in [0.25, 0.3) is 0 Å². The highest BCUT2D eigenvalue weighted by Gasteiger charge is 2.31. The molecule has 2 N–H and O–H groups in total. The number of nitrogens with one attached hydrogen (secondary N) is 1. The number of benzene rings is 2. The molecule has 0 bridgehead atoms. The summed E-state index contributed by atoms with van der Waals surface area (Å²) in [7, 11) is 1.60. The Morgan fingerprint density at radius 3 is 2.63 bits per heavy atom. The lowest BCUT2D eigenvalue weighted by atomic mass is 9.94. The summed E-state index contributed by atoms with van der Waals surface area (Å²) in [6, 6.07) is 14.6. The number of carboxylic acid groups (broad SMARTS) is 1. The van der Waals surface area contributed by atoms with Gasteiger partial charge in [0.05, 0.1) is 36.0 Å². The van der Waals surface area contributed by atoms with Crippen LogP contribution in [0.15, 0.2) is 36.4 Å². The van der Waals surface area contributed by atoms with Crippen LogP contribution in [0.5, 0.6) is 0 Å². The number of hydrogen-bond donors (Lipinski definition) is 2. The lowest BCUT2D eigenvalue weighted by Gasteiger charge is -2.38. The van der Waals surface area contributed by atoms with Gasteiger partial charge in [0.25, 0.3) is 0 Å². The molecule has 35 heavy (non-hydrogen) atoms. The van der Waals surface area contributed by atoms with Crippen LogP contribution >= 0.6 is 0 Å². The monoisotopic (exact) mass is 477 g/mol. The first-order chi connectivity index (χ1) is 17.0. The van der Waals surface area contributed by atoms with Gasteiger partial charge in [0.2, 0.25) is 0 Å². The Bertz CT molecular complexity index is 1070. The molecule has 1 aliphatic carbocycles. The fraction of sp³-hybridized carbons (Fsp3) is 0.500. The molecule has 4 rings (SSSR count). The van der Waals surface area contributed by atoms with Crippen molar-refractivity contribution >= 4 is 23.0 Å². The molecule has 1 atom stereocenters. The molecule has 1 saturated carbocycles. The lowest BCUT2D eigenvalue weighted by Crippen LogP contribution is -2.41. The molecule has 1 saturated heterocycles. The van der Waals surface area contributed by atoms with Crippen LogP contribution in [-0.4, -0.2) is 50.6 Å². The molecule has 1 aliphatic heterocycles. The van der Waals surface area contributed by atoms with E-state index in [1.165, 1.54) is 12.8 Å². The number of anilines is 3. The smallest absolute Gasteiger partial charge is 0.304 e. The van der Waals surface area contributed by atoms with E-state index in [0.29, 0.717) is 18.2 Å². The van der Waals surface area contributed by atoms with Gasteiger partial charge in [-0.25, -0.2) is 0 Å². The maximum absolute atomic E-state index is 11.5. The quantitative estimate of drug-likeness (QED) is 0.459. The predicted molar refractivity (Wildman–Crippen MR) is 136 cm³/mol. The Kier molecular flexibility index (Phi) is 8.27. The summed E-state index contributed by atoms with van der Waals surface area (Å²) in [6.45, 7) is 4.84. The SMILES string of the molecule is COCC(CC(=O)O)c1ccc(N(CC2CC2)C2CCOCC2)c(Nc2ccc(C#N)c(C)c2)c1. The fourth-order valence-corrected chi connectivity index (χ4v) is 4.89. The van der Waals surface area contributed by atoms with Gasteiger partial charge in [-0.1, -0.05) is 6.07 Å². The van der Waals surface area contributed by atoms with Crippen molar-refractivity contribution in [1.29, 1.82) is 5.26 Å². The largest absolute Gasteiger partial charge is 0.481 e. The molecule has 1 unspecified atom stereocenters. The minimum absolute atomic E-state index is 0.00829.